The lowest BCUT2D eigenvalue weighted by Crippen LogP contribution is -2.16. The molecule has 2 aromatic rings. The quantitative estimate of drug-likeness (QED) is 0.637. The van der Waals surface area contributed by atoms with Crippen LogP contribution in [0.3, 0.4) is 0 Å². The number of aryl methyl sites for hydroxylation is 1. The molecular formula is C11H18N6O. The van der Waals surface area contributed by atoms with E-state index in [-0.39, 0.29) is 6.61 Å². The number of nitrogens with zero attached hydrogens (tertiary/aromatic N) is 5. The first-order chi connectivity index (χ1) is 8.78. The molecule has 98 valence electrons. The average molecular weight is 250 g/mol. The number of rotatable bonds is 7. The maximum Gasteiger partial charge on any atom is 0.0964 e. The van der Waals surface area contributed by atoms with Crippen LogP contribution in [0.2, 0.25) is 0 Å². The fourth-order valence-corrected chi connectivity index (χ4v) is 1.68. The molecule has 0 spiro atoms. The molecule has 0 bridgehead atoms. The zero-order valence-electron chi connectivity index (χ0n) is 10.5. The van der Waals surface area contributed by atoms with Crippen LogP contribution >= 0.6 is 0 Å². The molecule has 0 saturated carbocycles. The fourth-order valence-electron chi connectivity index (χ4n) is 1.68. The minimum atomic E-state index is 0.0806. The molecule has 2 rings (SSSR count). The van der Waals surface area contributed by atoms with Gasteiger partial charge in [-0.1, -0.05) is 5.21 Å². The molecule has 0 unspecified atom stereocenters. The Kier molecular flexibility index (Phi) is 4.43. The van der Waals surface area contributed by atoms with Gasteiger partial charge in [0.25, 0.3) is 0 Å². The van der Waals surface area contributed by atoms with Crippen LogP contribution in [-0.2, 0) is 26.6 Å². The molecule has 0 saturated heterocycles. The normalized spacial score (nSPS) is 11.0. The first kappa shape index (κ1) is 12.7. The van der Waals surface area contributed by atoms with Crippen molar-refractivity contribution < 1.29 is 5.11 Å². The molecule has 0 aliphatic carbocycles. The van der Waals surface area contributed by atoms with Crippen molar-refractivity contribution in [1.82, 2.24) is 30.1 Å². The summed E-state index contributed by atoms with van der Waals surface area (Å²) in [6.07, 6.45) is 6.67. The van der Waals surface area contributed by atoms with Crippen molar-refractivity contribution in [2.75, 3.05) is 13.2 Å². The second kappa shape index (κ2) is 6.27. The van der Waals surface area contributed by atoms with E-state index >= 15 is 0 Å². The smallest absolute Gasteiger partial charge is 0.0964 e. The van der Waals surface area contributed by atoms with E-state index < -0.39 is 0 Å². The molecular weight excluding hydrogens is 232 g/mol. The van der Waals surface area contributed by atoms with Gasteiger partial charge in [-0.05, 0) is 18.5 Å². The molecule has 0 fully saturated rings. The molecule has 18 heavy (non-hydrogen) atoms. The monoisotopic (exact) mass is 250 g/mol. The number of hydrogen-bond acceptors (Lipinski definition) is 5. The minimum absolute atomic E-state index is 0.0806. The number of nitrogens with one attached hydrogen (secondary N) is 1. The zero-order valence-corrected chi connectivity index (χ0v) is 10.5. The van der Waals surface area contributed by atoms with Crippen molar-refractivity contribution in [3.05, 3.63) is 29.8 Å². The van der Waals surface area contributed by atoms with E-state index in [2.05, 4.69) is 20.7 Å². The number of aliphatic hydroxyl groups excluding tert-OH is 1. The summed E-state index contributed by atoms with van der Waals surface area (Å²) >= 11 is 0. The third kappa shape index (κ3) is 3.64. The Balaban J connectivity index is 1.68. The number of hydrogen-bond donors (Lipinski definition) is 2. The summed E-state index contributed by atoms with van der Waals surface area (Å²) in [4.78, 5) is 0. The number of aliphatic hydroxyl groups is 1. The highest BCUT2D eigenvalue weighted by atomic mass is 16.3. The zero-order chi connectivity index (χ0) is 12.8. The van der Waals surface area contributed by atoms with Crippen molar-refractivity contribution in [3.63, 3.8) is 0 Å². The standard InChI is InChI=1S/C11H18N6O/c1-16-8-10(6-13-16)2-3-12-7-11-9-17(4-5-18)15-14-11/h6,8-9,12,18H,2-5,7H2,1H3. The second-order valence-corrected chi connectivity index (χ2v) is 4.15. The molecule has 0 atom stereocenters. The van der Waals surface area contributed by atoms with Gasteiger partial charge in [-0.3, -0.25) is 4.68 Å². The molecule has 2 heterocycles. The summed E-state index contributed by atoms with van der Waals surface area (Å²) in [6.45, 7) is 2.13. The van der Waals surface area contributed by atoms with Crippen molar-refractivity contribution in [2.45, 2.75) is 19.5 Å². The molecule has 7 nitrogen and oxygen atoms in total. The topological polar surface area (TPSA) is 80.8 Å². The summed E-state index contributed by atoms with van der Waals surface area (Å²) in [5.74, 6) is 0. The predicted molar refractivity (Wildman–Crippen MR) is 65.7 cm³/mol. The van der Waals surface area contributed by atoms with Gasteiger partial charge in [0.05, 0.1) is 25.0 Å². The van der Waals surface area contributed by atoms with E-state index in [9.17, 15) is 0 Å². The van der Waals surface area contributed by atoms with Gasteiger partial charge in [-0.25, -0.2) is 4.68 Å². The Labute approximate surface area is 105 Å². The summed E-state index contributed by atoms with van der Waals surface area (Å²) < 4.78 is 3.44. The van der Waals surface area contributed by atoms with Crippen molar-refractivity contribution in [3.8, 4) is 0 Å². The minimum Gasteiger partial charge on any atom is -0.394 e. The fraction of sp³-hybridized carbons (Fsp3) is 0.545. The van der Waals surface area contributed by atoms with Crippen LogP contribution in [0.25, 0.3) is 0 Å². The highest BCUT2D eigenvalue weighted by Gasteiger charge is 2.00. The summed E-state index contributed by atoms with van der Waals surface area (Å²) in [6, 6.07) is 0. The lowest BCUT2D eigenvalue weighted by atomic mass is 10.2. The second-order valence-electron chi connectivity index (χ2n) is 4.15. The van der Waals surface area contributed by atoms with Crippen LogP contribution in [0.4, 0.5) is 0 Å². The lowest BCUT2D eigenvalue weighted by Gasteiger charge is -2.00. The highest BCUT2D eigenvalue weighted by Crippen LogP contribution is 1.97. The first-order valence-corrected chi connectivity index (χ1v) is 5.96. The third-order valence-corrected chi connectivity index (χ3v) is 2.57. The number of aromatic nitrogens is 5. The molecule has 7 heteroatoms. The Morgan fingerprint density at radius 2 is 2.28 bits per heavy atom. The molecule has 0 amide bonds. The van der Waals surface area contributed by atoms with E-state index in [1.54, 1.807) is 9.36 Å². The maximum atomic E-state index is 8.76. The Morgan fingerprint density at radius 3 is 3.00 bits per heavy atom. The van der Waals surface area contributed by atoms with Crippen LogP contribution in [0, 0.1) is 0 Å². The van der Waals surface area contributed by atoms with E-state index in [0.717, 1.165) is 18.7 Å². The maximum absolute atomic E-state index is 8.76. The molecule has 2 aromatic heterocycles. The van der Waals surface area contributed by atoms with E-state index in [1.165, 1.54) is 5.56 Å². The predicted octanol–water partition coefficient (Wildman–Crippen LogP) is -0.664. The van der Waals surface area contributed by atoms with E-state index in [0.29, 0.717) is 13.1 Å². The van der Waals surface area contributed by atoms with Gasteiger partial charge < -0.3 is 10.4 Å². The van der Waals surface area contributed by atoms with Gasteiger partial charge in [0.15, 0.2) is 0 Å². The van der Waals surface area contributed by atoms with Crippen LogP contribution in [-0.4, -0.2) is 43.0 Å². The van der Waals surface area contributed by atoms with Crippen molar-refractivity contribution in [1.29, 1.82) is 0 Å². The molecule has 0 aromatic carbocycles. The van der Waals surface area contributed by atoms with Gasteiger partial charge in [0, 0.05) is 26.0 Å². The van der Waals surface area contributed by atoms with Crippen LogP contribution in [0.15, 0.2) is 18.6 Å². The summed E-state index contributed by atoms with van der Waals surface area (Å²) in [5.41, 5.74) is 2.10. The average Bonchev–Trinajstić information content (AvgIpc) is 2.95. The molecule has 0 radical (unpaired) electrons. The van der Waals surface area contributed by atoms with Crippen LogP contribution < -0.4 is 5.32 Å². The Morgan fingerprint density at radius 1 is 1.39 bits per heavy atom. The summed E-state index contributed by atoms with van der Waals surface area (Å²) in [5, 5.41) is 24.1. The van der Waals surface area contributed by atoms with E-state index in [1.807, 2.05) is 25.6 Å². The lowest BCUT2D eigenvalue weighted by molar-refractivity contribution is 0.268. The van der Waals surface area contributed by atoms with Gasteiger partial charge in [0.2, 0.25) is 0 Å². The highest BCUT2D eigenvalue weighted by molar-refractivity contribution is 5.04. The van der Waals surface area contributed by atoms with Gasteiger partial charge in [-0.2, -0.15) is 5.10 Å². The Hall–Kier alpha value is -1.73. The van der Waals surface area contributed by atoms with E-state index in [4.69, 9.17) is 5.11 Å². The molecule has 0 aliphatic heterocycles. The first-order valence-electron chi connectivity index (χ1n) is 5.96. The Bertz CT molecular complexity index is 477. The van der Waals surface area contributed by atoms with Gasteiger partial charge >= 0.3 is 0 Å². The molecule has 2 N–H and O–H groups in total. The molecule has 0 aliphatic rings. The largest absolute Gasteiger partial charge is 0.394 e. The summed E-state index contributed by atoms with van der Waals surface area (Å²) in [7, 11) is 1.91. The van der Waals surface area contributed by atoms with Crippen molar-refractivity contribution in [2.24, 2.45) is 7.05 Å². The van der Waals surface area contributed by atoms with Gasteiger partial charge in [-0.15, -0.1) is 5.10 Å². The SMILES string of the molecule is Cn1cc(CCNCc2cn(CCO)nn2)cn1. The third-order valence-electron chi connectivity index (χ3n) is 2.57. The van der Waals surface area contributed by atoms with Crippen molar-refractivity contribution >= 4 is 0 Å². The van der Waals surface area contributed by atoms with Crippen LogP contribution in [0.5, 0.6) is 0 Å². The van der Waals surface area contributed by atoms with Crippen LogP contribution in [0.1, 0.15) is 11.3 Å². The van der Waals surface area contributed by atoms with Gasteiger partial charge in [0.1, 0.15) is 0 Å².